The van der Waals surface area contributed by atoms with Gasteiger partial charge in [-0.2, -0.15) is 0 Å². The fraction of sp³-hybridized carbons (Fsp3) is 0.920. The third kappa shape index (κ3) is 32.8. The summed E-state index contributed by atoms with van der Waals surface area (Å²) in [6.07, 6.45) is 27.3. The van der Waals surface area contributed by atoms with Crippen molar-refractivity contribution in [2.24, 2.45) is 0 Å². The van der Waals surface area contributed by atoms with Gasteiger partial charge in [0.05, 0.1) is 0 Å². The first-order valence-electron chi connectivity index (χ1n) is 12.4. The maximum Gasteiger partial charge on any atom is 0.303 e. The highest BCUT2D eigenvalue weighted by Crippen LogP contribution is 2.13. The summed E-state index contributed by atoms with van der Waals surface area (Å²) in [5.41, 5.74) is 0. The van der Waals surface area contributed by atoms with Crippen LogP contribution in [0.2, 0.25) is 0 Å². The van der Waals surface area contributed by atoms with Crippen molar-refractivity contribution < 1.29 is 9.90 Å². The molecule has 0 aromatic heterocycles. The summed E-state index contributed by atoms with van der Waals surface area (Å²) >= 11 is 6.90. The summed E-state index contributed by atoms with van der Waals surface area (Å²) in [7, 11) is 0. The van der Waals surface area contributed by atoms with E-state index in [1.54, 1.807) is 11.8 Å². The van der Waals surface area contributed by atoms with E-state index in [9.17, 15) is 4.79 Å². The lowest BCUT2D eigenvalue weighted by atomic mass is 10.1. The van der Waals surface area contributed by atoms with Gasteiger partial charge in [0.1, 0.15) is 0 Å². The maximum absolute atomic E-state index is 10.2. The summed E-state index contributed by atoms with van der Waals surface area (Å²) in [4.78, 5) is 10.2. The van der Waals surface area contributed by atoms with E-state index in [-0.39, 0.29) is 0 Å². The lowest BCUT2D eigenvalue weighted by Crippen LogP contribution is -1.93. The molecule has 0 saturated heterocycles. The van der Waals surface area contributed by atoms with Crippen LogP contribution in [0.25, 0.3) is 0 Å². The molecule has 0 bridgehead atoms. The molecule has 174 valence electrons. The van der Waals surface area contributed by atoms with Crippen LogP contribution in [0.5, 0.6) is 0 Å². The third-order valence-corrected chi connectivity index (χ3v) is 6.57. The molecule has 0 aliphatic carbocycles. The number of thiocarbonyl (C=S) groups is 1. The first kappa shape index (κ1) is 31.1. The molecule has 0 unspecified atom stereocenters. The van der Waals surface area contributed by atoms with Gasteiger partial charge in [-0.15, -0.1) is 11.8 Å². The number of aliphatic carboxylic acids is 1. The summed E-state index contributed by atoms with van der Waals surface area (Å²) in [5, 5.41) is 8.41. The first-order chi connectivity index (χ1) is 14.1. The third-order valence-electron chi connectivity index (χ3n) is 5.21. The molecule has 0 aromatic rings. The fourth-order valence-corrected chi connectivity index (χ4v) is 3.76. The Hall–Kier alpha value is -0.0900. The number of carboxylic acid groups (broad SMARTS) is 1. The Bertz CT molecular complexity index is 346. The lowest BCUT2D eigenvalue weighted by Gasteiger charge is -2.02. The van der Waals surface area contributed by atoms with Crippen LogP contribution in [0.15, 0.2) is 0 Å². The van der Waals surface area contributed by atoms with Crippen LogP contribution in [0.4, 0.5) is 0 Å². The van der Waals surface area contributed by atoms with Crippen molar-refractivity contribution in [3.8, 4) is 0 Å². The van der Waals surface area contributed by atoms with Crippen molar-refractivity contribution in [3.63, 3.8) is 0 Å². The minimum Gasteiger partial charge on any atom is -0.481 e. The van der Waals surface area contributed by atoms with Gasteiger partial charge in [-0.3, -0.25) is 4.79 Å². The number of rotatable bonds is 20. The standard InChI is InChI=1S/C13H26S2.C12H24O2/c1-3-4-5-6-7-8-9-10-11-12-13(14)15-2;1-2-3-4-5-6-7-8-9-10-11-12(13)14/h3-12H2,1-2H3;2-11H2,1H3,(H,13,14). The molecular weight excluding hydrogens is 396 g/mol. The number of hydrogen-bond acceptors (Lipinski definition) is 3. The number of thioether (sulfide) groups is 1. The van der Waals surface area contributed by atoms with Gasteiger partial charge in [-0.1, -0.05) is 129 Å². The monoisotopic (exact) mass is 446 g/mol. The lowest BCUT2D eigenvalue weighted by molar-refractivity contribution is -0.137. The Morgan fingerprint density at radius 3 is 1.24 bits per heavy atom. The Balaban J connectivity index is 0. The summed E-state index contributed by atoms with van der Waals surface area (Å²) in [6, 6.07) is 0. The molecule has 0 rings (SSSR count). The summed E-state index contributed by atoms with van der Waals surface area (Å²) in [6.45, 7) is 4.50. The van der Waals surface area contributed by atoms with E-state index in [0.29, 0.717) is 6.42 Å². The molecule has 4 heteroatoms. The van der Waals surface area contributed by atoms with Gasteiger partial charge in [-0.25, -0.2) is 0 Å². The minimum absolute atomic E-state index is 0.343. The van der Waals surface area contributed by atoms with Gasteiger partial charge in [0.25, 0.3) is 0 Å². The minimum atomic E-state index is -0.659. The Morgan fingerprint density at radius 2 is 0.931 bits per heavy atom. The normalized spacial score (nSPS) is 10.4. The van der Waals surface area contributed by atoms with Crippen LogP contribution in [0.1, 0.15) is 142 Å². The van der Waals surface area contributed by atoms with Crippen molar-refractivity contribution in [1.29, 1.82) is 0 Å². The van der Waals surface area contributed by atoms with Gasteiger partial charge < -0.3 is 5.11 Å². The average molecular weight is 447 g/mol. The van der Waals surface area contributed by atoms with Gasteiger partial charge in [0.2, 0.25) is 0 Å². The molecular formula is C25H50O2S2. The zero-order chi connectivity index (χ0) is 22.0. The molecule has 29 heavy (non-hydrogen) atoms. The van der Waals surface area contributed by atoms with Crippen molar-refractivity contribution in [3.05, 3.63) is 0 Å². The van der Waals surface area contributed by atoms with Gasteiger partial charge >= 0.3 is 5.97 Å². The zero-order valence-electron chi connectivity index (χ0n) is 19.8. The Morgan fingerprint density at radius 1 is 0.621 bits per heavy atom. The Kier molecular flexibility index (Phi) is 29.9. The van der Waals surface area contributed by atoms with Crippen molar-refractivity contribution in [1.82, 2.24) is 0 Å². The Labute approximate surface area is 192 Å². The molecule has 0 atom stereocenters. The highest BCUT2D eigenvalue weighted by atomic mass is 32.2. The molecule has 0 aliphatic heterocycles. The van der Waals surface area contributed by atoms with Crippen molar-refractivity contribution >= 4 is 34.1 Å². The SMILES string of the molecule is CCCCCCCCCCCC(=O)O.CCCCCCCCCCCC(=S)SC. The molecule has 0 heterocycles. The maximum atomic E-state index is 10.2. The molecule has 2 nitrogen and oxygen atoms in total. The molecule has 0 aromatic carbocycles. The van der Waals surface area contributed by atoms with Crippen LogP contribution in [-0.2, 0) is 4.79 Å². The molecule has 0 amide bonds. The zero-order valence-corrected chi connectivity index (χ0v) is 21.4. The predicted octanol–water partition coefficient (Wildman–Crippen LogP) is 9.59. The second-order valence-electron chi connectivity index (χ2n) is 8.13. The number of hydrogen-bond donors (Lipinski definition) is 1. The smallest absolute Gasteiger partial charge is 0.303 e. The van der Waals surface area contributed by atoms with E-state index in [2.05, 4.69) is 20.1 Å². The van der Waals surface area contributed by atoms with Gasteiger partial charge in [-0.05, 0) is 25.5 Å². The van der Waals surface area contributed by atoms with Gasteiger partial charge in [0.15, 0.2) is 0 Å². The van der Waals surface area contributed by atoms with Crippen molar-refractivity contribution in [2.45, 2.75) is 142 Å². The molecule has 0 aliphatic rings. The van der Waals surface area contributed by atoms with E-state index < -0.39 is 5.97 Å². The summed E-state index contributed by atoms with van der Waals surface area (Å²) < 4.78 is 1.18. The van der Waals surface area contributed by atoms with Gasteiger partial charge in [0, 0.05) is 10.6 Å². The average Bonchev–Trinajstić information content (AvgIpc) is 2.71. The second kappa shape index (κ2) is 27.9. The first-order valence-corrected chi connectivity index (χ1v) is 14.0. The number of carboxylic acids is 1. The van der Waals surface area contributed by atoms with Crippen LogP contribution in [0.3, 0.4) is 0 Å². The highest BCUT2D eigenvalue weighted by molar-refractivity contribution is 8.22. The number of unbranched alkanes of at least 4 members (excludes halogenated alkanes) is 16. The van der Waals surface area contributed by atoms with E-state index in [0.717, 1.165) is 19.3 Å². The molecule has 1 N–H and O–H groups in total. The van der Waals surface area contributed by atoms with E-state index in [4.69, 9.17) is 17.3 Å². The molecule has 0 spiro atoms. The van der Waals surface area contributed by atoms with Crippen LogP contribution in [0, 0.1) is 0 Å². The van der Waals surface area contributed by atoms with Crippen molar-refractivity contribution in [2.75, 3.05) is 6.26 Å². The summed E-state index contributed by atoms with van der Waals surface area (Å²) in [5.74, 6) is -0.659. The molecule has 0 radical (unpaired) electrons. The highest BCUT2D eigenvalue weighted by Gasteiger charge is 1.96. The van der Waals surface area contributed by atoms with Crippen LogP contribution < -0.4 is 0 Å². The fourth-order valence-electron chi connectivity index (χ4n) is 3.27. The van der Waals surface area contributed by atoms with E-state index >= 15 is 0 Å². The molecule has 0 fully saturated rings. The molecule has 0 saturated carbocycles. The topological polar surface area (TPSA) is 37.3 Å². The predicted molar refractivity (Wildman–Crippen MR) is 137 cm³/mol. The van der Waals surface area contributed by atoms with E-state index in [1.807, 2.05) is 0 Å². The van der Waals surface area contributed by atoms with Crippen LogP contribution in [-0.4, -0.2) is 21.5 Å². The number of carbonyl (C=O) groups is 1. The van der Waals surface area contributed by atoms with Crippen LogP contribution >= 0.6 is 24.0 Å². The quantitative estimate of drug-likeness (QED) is 0.149. The second-order valence-corrected chi connectivity index (χ2v) is 9.78. The van der Waals surface area contributed by atoms with E-state index in [1.165, 1.54) is 107 Å². The largest absolute Gasteiger partial charge is 0.481 e.